The fourth-order valence-electron chi connectivity index (χ4n) is 4.58. The van der Waals surface area contributed by atoms with E-state index in [1.165, 1.54) is 63.0 Å². The van der Waals surface area contributed by atoms with E-state index in [0.717, 1.165) is 18.9 Å². The number of nitrogens with zero attached hydrogens (tertiary/aromatic N) is 1. The summed E-state index contributed by atoms with van der Waals surface area (Å²) in [5.74, 6) is -1.61. The normalized spacial score (nSPS) is 14.6. The van der Waals surface area contributed by atoms with Crippen LogP contribution in [0, 0.1) is 11.6 Å². The summed E-state index contributed by atoms with van der Waals surface area (Å²) in [5.41, 5.74) is 0.656. The number of methoxy groups -OCH3 is 2. The highest BCUT2D eigenvalue weighted by Gasteiger charge is 2.21. The number of pyridine rings is 1. The lowest BCUT2D eigenvalue weighted by atomic mass is 10.1. The Balaban J connectivity index is 1.33. The van der Waals surface area contributed by atoms with Crippen molar-refractivity contribution in [2.24, 2.45) is 0 Å². The summed E-state index contributed by atoms with van der Waals surface area (Å²) in [6, 6.07) is 13.9. The standard InChI is InChI=1S/C32H30F2N4O6/c1-41-29-15-23-26(16-30(29)42-2)36-12-11-27(23)44-28-10-9-21(14-25(28)34)38-32(40)24(18-35-17-22-4-3-13-43-22)31(39)37-20-7-5-19(33)6-8-20/h5-12,14-16,18,22,35H,3-4,13,17H2,1-2H3,(H,37,39)(H,38,40)/b24-18+. The highest BCUT2D eigenvalue weighted by atomic mass is 19.1. The van der Waals surface area contributed by atoms with Crippen molar-refractivity contribution in [1.82, 2.24) is 10.3 Å². The number of benzene rings is 3. The van der Waals surface area contributed by atoms with Gasteiger partial charge in [-0.1, -0.05) is 0 Å². The highest BCUT2D eigenvalue weighted by Crippen LogP contribution is 2.37. The van der Waals surface area contributed by atoms with E-state index in [4.69, 9.17) is 18.9 Å². The number of fused-ring (bicyclic) bond motifs is 1. The number of amides is 2. The van der Waals surface area contributed by atoms with E-state index in [1.807, 2.05) is 0 Å². The maximum atomic E-state index is 15.2. The average molecular weight is 605 g/mol. The van der Waals surface area contributed by atoms with Gasteiger partial charge in [-0.2, -0.15) is 0 Å². The highest BCUT2D eigenvalue weighted by molar-refractivity contribution is 6.26. The molecule has 0 saturated carbocycles. The zero-order valence-electron chi connectivity index (χ0n) is 24.0. The number of ether oxygens (including phenoxy) is 4. The van der Waals surface area contributed by atoms with Crippen molar-refractivity contribution in [3.05, 3.63) is 90.3 Å². The van der Waals surface area contributed by atoms with Crippen LogP contribution in [0.1, 0.15) is 12.8 Å². The molecule has 1 aromatic heterocycles. The quantitative estimate of drug-likeness (QED) is 0.116. The second-order valence-electron chi connectivity index (χ2n) is 9.80. The summed E-state index contributed by atoms with van der Waals surface area (Å²) >= 11 is 0. The summed E-state index contributed by atoms with van der Waals surface area (Å²) in [7, 11) is 3.01. The minimum atomic E-state index is -0.793. The first kappa shape index (κ1) is 30.2. The van der Waals surface area contributed by atoms with Gasteiger partial charge in [0.05, 0.1) is 25.8 Å². The third kappa shape index (κ3) is 7.21. The molecule has 5 rings (SSSR count). The third-order valence-electron chi connectivity index (χ3n) is 6.82. The number of carbonyl (C=O) groups excluding carboxylic acids is 2. The van der Waals surface area contributed by atoms with E-state index in [9.17, 15) is 14.0 Å². The molecular weight excluding hydrogens is 574 g/mol. The van der Waals surface area contributed by atoms with Gasteiger partial charge < -0.3 is 34.9 Å². The Morgan fingerprint density at radius 2 is 1.61 bits per heavy atom. The predicted octanol–water partition coefficient (Wildman–Crippen LogP) is 5.55. The van der Waals surface area contributed by atoms with Crippen LogP contribution in [0.4, 0.5) is 20.2 Å². The van der Waals surface area contributed by atoms with Crippen LogP contribution in [0.3, 0.4) is 0 Å². The van der Waals surface area contributed by atoms with E-state index in [-0.39, 0.29) is 23.1 Å². The summed E-state index contributed by atoms with van der Waals surface area (Å²) in [4.78, 5) is 30.6. The topological polar surface area (TPSA) is 120 Å². The molecule has 44 heavy (non-hydrogen) atoms. The first-order valence-corrected chi connectivity index (χ1v) is 13.8. The van der Waals surface area contributed by atoms with E-state index in [1.54, 1.807) is 18.2 Å². The minimum Gasteiger partial charge on any atom is -0.493 e. The van der Waals surface area contributed by atoms with Crippen LogP contribution >= 0.6 is 0 Å². The maximum absolute atomic E-state index is 15.2. The lowest BCUT2D eigenvalue weighted by Crippen LogP contribution is -2.29. The van der Waals surface area contributed by atoms with Crippen molar-refractivity contribution < 1.29 is 37.3 Å². The maximum Gasteiger partial charge on any atom is 0.262 e. The average Bonchev–Trinajstić information content (AvgIpc) is 3.54. The Kier molecular flexibility index (Phi) is 9.50. The third-order valence-corrected chi connectivity index (χ3v) is 6.82. The molecule has 228 valence electrons. The second kappa shape index (κ2) is 13.8. The SMILES string of the molecule is COc1cc2nccc(Oc3ccc(NC(=O)/C(=C/NCC4CCCO4)C(=O)Nc4ccc(F)cc4)cc3F)c2cc1OC. The Morgan fingerprint density at radius 3 is 2.30 bits per heavy atom. The molecule has 1 atom stereocenters. The molecule has 0 radical (unpaired) electrons. The van der Waals surface area contributed by atoms with Gasteiger partial charge in [-0.15, -0.1) is 0 Å². The Labute approximate surface area is 252 Å². The molecule has 10 nitrogen and oxygen atoms in total. The number of rotatable bonds is 11. The molecule has 0 bridgehead atoms. The van der Waals surface area contributed by atoms with Crippen molar-refractivity contribution >= 4 is 34.1 Å². The first-order chi connectivity index (χ1) is 21.3. The molecule has 12 heteroatoms. The molecule has 0 spiro atoms. The zero-order valence-corrected chi connectivity index (χ0v) is 24.0. The van der Waals surface area contributed by atoms with Gasteiger partial charge in [-0.05, 0) is 61.4 Å². The Morgan fingerprint density at radius 1 is 0.909 bits per heavy atom. The molecule has 1 aliphatic rings. The van der Waals surface area contributed by atoms with Gasteiger partial charge in [0.25, 0.3) is 11.8 Å². The number of carbonyl (C=O) groups is 2. The van der Waals surface area contributed by atoms with Gasteiger partial charge in [0, 0.05) is 54.4 Å². The van der Waals surface area contributed by atoms with Crippen molar-refractivity contribution in [2.75, 3.05) is 38.0 Å². The van der Waals surface area contributed by atoms with E-state index >= 15 is 4.39 Å². The summed E-state index contributed by atoms with van der Waals surface area (Å²) in [6.07, 6.45) is 4.54. The monoisotopic (exact) mass is 604 g/mol. The summed E-state index contributed by atoms with van der Waals surface area (Å²) < 4.78 is 50.7. The molecule has 4 aromatic rings. The molecule has 1 unspecified atom stereocenters. The molecule has 2 heterocycles. The second-order valence-corrected chi connectivity index (χ2v) is 9.80. The molecule has 2 amide bonds. The van der Waals surface area contributed by atoms with Crippen LogP contribution in [0.5, 0.6) is 23.0 Å². The largest absolute Gasteiger partial charge is 0.493 e. The van der Waals surface area contributed by atoms with E-state index in [0.29, 0.717) is 47.0 Å². The smallest absolute Gasteiger partial charge is 0.262 e. The molecule has 3 N–H and O–H groups in total. The number of hydrogen-bond donors (Lipinski definition) is 3. The van der Waals surface area contributed by atoms with Gasteiger partial charge >= 0.3 is 0 Å². The van der Waals surface area contributed by atoms with Crippen LogP contribution in [-0.2, 0) is 14.3 Å². The van der Waals surface area contributed by atoms with Crippen molar-refractivity contribution in [3.63, 3.8) is 0 Å². The molecular formula is C32H30F2N4O6. The van der Waals surface area contributed by atoms with Crippen LogP contribution < -0.4 is 30.2 Å². The predicted molar refractivity (Wildman–Crippen MR) is 160 cm³/mol. The molecule has 1 saturated heterocycles. The molecule has 1 aliphatic heterocycles. The van der Waals surface area contributed by atoms with Crippen molar-refractivity contribution in [3.8, 4) is 23.0 Å². The van der Waals surface area contributed by atoms with Gasteiger partial charge in [-0.25, -0.2) is 8.78 Å². The number of hydrogen-bond acceptors (Lipinski definition) is 8. The van der Waals surface area contributed by atoms with Crippen LogP contribution in [0.2, 0.25) is 0 Å². The fraction of sp³-hybridized carbons (Fsp3) is 0.219. The lowest BCUT2D eigenvalue weighted by molar-refractivity contribution is -0.118. The van der Waals surface area contributed by atoms with Gasteiger partial charge in [0.15, 0.2) is 23.1 Å². The number of halogens is 2. The molecule has 0 aliphatic carbocycles. The fourth-order valence-corrected chi connectivity index (χ4v) is 4.58. The van der Waals surface area contributed by atoms with E-state index < -0.39 is 23.4 Å². The first-order valence-electron chi connectivity index (χ1n) is 13.8. The minimum absolute atomic E-state index is 0.0435. The van der Waals surface area contributed by atoms with Gasteiger partial charge in [-0.3, -0.25) is 14.6 Å². The van der Waals surface area contributed by atoms with Crippen molar-refractivity contribution in [2.45, 2.75) is 18.9 Å². The van der Waals surface area contributed by atoms with Crippen LogP contribution in [-0.4, -0.2) is 50.3 Å². The molecule has 3 aromatic carbocycles. The van der Waals surface area contributed by atoms with E-state index in [2.05, 4.69) is 20.9 Å². The lowest BCUT2D eigenvalue weighted by Gasteiger charge is -2.14. The van der Waals surface area contributed by atoms with Crippen LogP contribution in [0.25, 0.3) is 10.9 Å². The Bertz CT molecular complexity index is 1690. The summed E-state index contributed by atoms with van der Waals surface area (Å²) in [5, 5.41) is 8.65. The summed E-state index contributed by atoms with van der Waals surface area (Å²) in [6.45, 7) is 1.05. The van der Waals surface area contributed by atoms with Gasteiger partial charge in [0.1, 0.15) is 17.1 Å². The van der Waals surface area contributed by atoms with Crippen LogP contribution in [0.15, 0.2) is 78.6 Å². The van der Waals surface area contributed by atoms with Crippen molar-refractivity contribution in [1.29, 1.82) is 0 Å². The zero-order chi connectivity index (χ0) is 31.1. The number of anilines is 2. The molecule has 1 fully saturated rings. The number of aromatic nitrogens is 1. The Hall–Kier alpha value is -5.23. The number of nitrogens with one attached hydrogen (secondary N) is 3. The van der Waals surface area contributed by atoms with Gasteiger partial charge in [0.2, 0.25) is 0 Å².